The van der Waals surface area contributed by atoms with E-state index in [9.17, 15) is 4.79 Å². The fourth-order valence-electron chi connectivity index (χ4n) is 2.14. The van der Waals surface area contributed by atoms with Crippen molar-refractivity contribution in [1.82, 2.24) is 19.7 Å². The van der Waals surface area contributed by atoms with Crippen molar-refractivity contribution in [3.8, 4) is 0 Å². The third-order valence-electron chi connectivity index (χ3n) is 3.37. The molecule has 22 heavy (non-hydrogen) atoms. The number of rotatable bonds is 6. The summed E-state index contributed by atoms with van der Waals surface area (Å²) in [5.74, 6) is 1.71. The topological polar surface area (TPSA) is 72.7 Å². The van der Waals surface area contributed by atoms with Crippen LogP contribution in [0.5, 0.6) is 0 Å². The average molecular weight is 338 g/mol. The molecule has 1 aliphatic rings. The van der Waals surface area contributed by atoms with Crippen LogP contribution < -0.4 is 5.32 Å². The van der Waals surface area contributed by atoms with Gasteiger partial charge >= 0.3 is 0 Å². The van der Waals surface area contributed by atoms with Crippen molar-refractivity contribution in [2.75, 3.05) is 11.1 Å². The van der Waals surface area contributed by atoms with Gasteiger partial charge in [-0.25, -0.2) is 4.98 Å². The predicted octanol–water partition coefficient (Wildman–Crippen LogP) is 2.95. The van der Waals surface area contributed by atoms with Crippen molar-refractivity contribution < 1.29 is 4.79 Å². The molecule has 1 N–H and O–H groups in total. The summed E-state index contributed by atoms with van der Waals surface area (Å²) in [5.41, 5.74) is 0.519. The van der Waals surface area contributed by atoms with E-state index < -0.39 is 0 Å². The summed E-state index contributed by atoms with van der Waals surface area (Å²) in [4.78, 5) is 15.9. The second-order valence-electron chi connectivity index (χ2n) is 5.04. The van der Waals surface area contributed by atoms with E-state index in [1.807, 2.05) is 0 Å². The van der Waals surface area contributed by atoms with E-state index in [1.165, 1.54) is 24.6 Å². The first-order valence-electron chi connectivity index (χ1n) is 7.15. The highest BCUT2D eigenvalue weighted by molar-refractivity contribution is 7.99. The summed E-state index contributed by atoms with van der Waals surface area (Å²) in [5, 5.41) is 12.3. The van der Waals surface area contributed by atoms with Crippen LogP contribution in [0.1, 0.15) is 31.5 Å². The van der Waals surface area contributed by atoms with Gasteiger partial charge in [-0.3, -0.25) is 4.79 Å². The third kappa shape index (κ3) is 3.41. The molecule has 2 aromatic rings. The number of thioether (sulfide) groups is 1. The number of nitrogens with one attached hydrogen (secondary N) is 1. The number of anilines is 1. The van der Waals surface area contributed by atoms with Crippen LogP contribution in [0.15, 0.2) is 23.5 Å². The van der Waals surface area contributed by atoms with Gasteiger partial charge in [0.1, 0.15) is 5.82 Å². The molecule has 1 aliphatic carbocycles. The van der Waals surface area contributed by atoms with Crippen molar-refractivity contribution in [2.45, 2.75) is 37.4 Å². The van der Waals surface area contributed by atoms with E-state index in [0.29, 0.717) is 11.6 Å². The lowest BCUT2D eigenvalue weighted by molar-refractivity contribution is -0.113. The third-order valence-corrected chi connectivity index (χ3v) is 4.64. The molecule has 0 radical (unpaired) electrons. The molecule has 1 amide bonds. The van der Waals surface area contributed by atoms with Gasteiger partial charge in [-0.1, -0.05) is 23.4 Å². The zero-order chi connectivity index (χ0) is 15.5. The first-order valence-corrected chi connectivity index (χ1v) is 8.51. The molecule has 0 saturated heterocycles. The zero-order valence-corrected chi connectivity index (χ0v) is 13.7. The second kappa shape index (κ2) is 6.66. The Morgan fingerprint density at radius 1 is 1.50 bits per heavy atom. The summed E-state index contributed by atoms with van der Waals surface area (Å²) in [6.07, 6.45) is 3.95. The molecule has 0 aromatic carbocycles. The van der Waals surface area contributed by atoms with E-state index in [2.05, 4.69) is 32.0 Å². The van der Waals surface area contributed by atoms with Gasteiger partial charge in [0.15, 0.2) is 10.3 Å². The van der Waals surface area contributed by atoms with Gasteiger partial charge in [0.05, 0.1) is 11.4 Å². The summed E-state index contributed by atoms with van der Waals surface area (Å²) in [7, 11) is 0. The second-order valence-corrected chi connectivity index (χ2v) is 6.34. The monoisotopic (exact) mass is 337 g/mol. The summed E-state index contributed by atoms with van der Waals surface area (Å²) < 4.78 is 2.09. The van der Waals surface area contributed by atoms with Crippen molar-refractivity contribution in [3.05, 3.63) is 29.3 Å². The maximum Gasteiger partial charge on any atom is 0.234 e. The molecule has 6 nitrogen and oxygen atoms in total. The SMILES string of the molecule is CCn1c(SCC(=O)Nc2cccnc2Cl)nnc1C1CC1. The lowest BCUT2D eigenvalue weighted by atomic mass is 10.4. The van der Waals surface area contributed by atoms with Gasteiger partial charge in [0, 0.05) is 18.7 Å². The molecular weight excluding hydrogens is 322 g/mol. The number of carbonyl (C=O) groups is 1. The van der Waals surface area contributed by atoms with Crippen molar-refractivity contribution in [1.29, 1.82) is 0 Å². The summed E-state index contributed by atoms with van der Waals surface area (Å²) >= 11 is 7.30. The van der Waals surface area contributed by atoms with Crippen LogP contribution in [-0.4, -0.2) is 31.4 Å². The van der Waals surface area contributed by atoms with E-state index >= 15 is 0 Å². The number of aromatic nitrogens is 4. The fraction of sp³-hybridized carbons (Fsp3) is 0.429. The Kier molecular flexibility index (Phi) is 4.63. The van der Waals surface area contributed by atoms with Gasteiger partial charge in [-0.05, 0) is 31.9 Å². The largest absolute Gasteiger partial charge is 0.323 e. The standard InChI is InChI=1S/C14H16ClN5OS/c1-2-20-13(9-5-6-9)18-19-14(20)22-8-11(21)17-10-4-3-7-16-12(10)15/h3-4,7,9H,2,5-6,8H2,1H3,(H,17,21). The highest BCUT2D eigenvalue weighted by Gasteiger charge is 2.30. The Labute approximate surface area is 137 Å². The van der Waals surface area contributed by atoms with Gasteiger partial charge in [-0.2, -0.15) is 0 Å². The number of carbonyl (C=O) groups excluding carboxylic acids is 1. The maximum absolute atomic E-state index is 12.0. The smallest absolute Gasteiger partial charge is 0.234 e. The van der Waals surface area contributed by atoms with Gasteiger partial charge in [-0.15, -0.1) is 10.2 Å². The molecule has 1 saturated carbocycles. The minimum absolute atomic E-state index is 0.140. The van der Waals surface area contributed by atoms with Crippen LogP contribution in [0.4, 0.5) is 5.69 Å². The molecule has 3 rings (SSSR count). The van der Waals surface area contributed by atoms with Crippen LogP contribution in [0.2, 0.25) is 5.15 Å². The Morgan fingerprint density at radius 3 is 3.00 bits per heavy atom. The van der Waals surface area contributed by atoms with E-state index in [1.54, 1.807) is 18.3 Å². The number of amides is 1. The van der Waals surface area contributed by atoms with Crippen molar-refractivity contribution in [2.24, 2.45) is 0 Å². The van der Waals surface area contributed by atoms with E-state index in [0.717, 1.165) is 17.5 Å². The molecule has 0 unspecified atom stereocenters. The van der Waals surface area contributed by atoms with Crippen LogP contribution in [0.3, 0.4) is 0 Å². The molecule has 8 heteroatoms. The molecule has 0 aliphatic heterocycles. The lowest BCUT2D eigenvalue weighted by Gasteiger charge is -2.07. The van der Waals surface area contributed by atoms with Gasteiger partial charge in [0.2, 0.25) is 5.91 Å². The number of halogens is 1. The molecule has 116 valence electrons. The molecule has 0 atom stereocenters. The van der Waals surface area contributed by atoms with Crippen LogP contribution >= 0.6 is 23.4 Å². The number of hydrogen-bond acceptors (Lipinski definition) is 5. The summed E-state index contributed by atoms with van der Waals surface area (Å²) in [6.45, 7) is 2.88. The Balaban J connectivity index is 1.60. The van der Waals surface area contributed by atoms with Crippen molar-refractivity contribution >= 4 is 35.0 Å². The van der Waals surface area contributed by atoms with Crippen LogP contribution in [0.25, 0.3) is 0 Å². The average Bonchev–Trinajstić information content (AvgIpc) is 3.27. The first kappa shape index (κ1) is 15.3. The normalized spacial score (nSPS) is 14.1. The number of nitrogens with zero attached hydrogens (tertiary/aromatic N) is 4. The zero-order valence-electron chi connectivity index (χ0n) is 12.1. The minimum atomic E-state index is -0.140. The van der Waals surface area contributed by atoms with E-state index in [-0.39, 0.29) is 16.8 Å². The molecule has 2 aromatic heterocycles. The molecule has 0 spiro atoms. The first-order chi connectivity index (χ1) is 10.7. The Bertz CT molecular complexity index is 686. The molecule has 2 heterocycles. The minimum Gasteiger partial charge on any atom is -0.323 e. The predicted molar refractivity (Wildman–Crippen MR) is 86.3 cm³/mol. The Morgan fingerprint density at radius 2 is 2.32 bits per heavy atom. The highest BCUT2D eigenvalue weighted by atomic mass is 35.5. The molecule has 1 fully saturated rings. The molecular formula is C14H16ClN5OS. The van der Waals surface area contributed by atoms with Crippen LogP contribution in [-0.2, 0) is 11.3 Å². The van der Waals surface area contributed by atoms with Crippen LogP contribution in [0, 0.1) is 0 Å². The quantitative estimate of drug-likeness (QED) is 0.648. The molecule has 0 bridgehead atoms. The lowest BCUT2D eigenvalue weighted by Crippen LogP contribution is -2.15. The number of hydrogen-bond donors (Lipinski definition) is 1. The maximum atomic E-state index is 12.0. The highest BCUT2D eigenvalue weighted by Crippen LogP contribution is 2.39. The Hall–Kier alpha value is -1.60. The van der Waals surface area contributed by atoms with Gasteiger partial charge < -0.3 is 9.88 Å². The van der Waals surface area contributed by atoms with E-state index in [4.69, 9.17) is 11.6 Å². The fourth-order valence-corrected chi connectivity index (χ4v) is 3.12. The number of pyridine rings is 1. The van der Waals surface area contributed by atoms with Gasteiger partial charge in [0.25, 0.3) is 0 Å². The summed E-state index contributed by atoms with van der Waals surface area (Å²) in [6, 6.07) is 3.45. The van der Waals surface area contributed by atoms with Crippen molar-refractivity contribution in [3.63, 3.8) is 0 Å².